The molecule has 0 saturated carbocycles. The molecule has 0 aliphatic carbocycles. The Balaban J connectivity index is 1.41. The number of aromatic nitrogens is 4. The van der Waals surface area contributed by atoms with Gasteiger partial charge in [-0.15, -0.1) is 11.3 Å². The summed E-state index contributed by atoms with van der Waals surface area (Å²) in [5.41, 5.74) is 1.94. The lowest BCUT2D eigenvalue weighted by Crippen LogP contribution is -2.35. The molecule has 1 amide bonds. The molecule has 5 aromatic rings. The number of carbonyl (C=O) groups is 1. The number of carbonyl (C=O) groups excluding carboxylic acids is 1. The third-order valence-electron chi connectivity index (χ3n) is 5.14. The molecule has 0 saturated heterocycles. The molecule has 5 rings (SSSR count). The van der Waals surface area contributed by atoms with Crippen molar-refractivity contribution in [2.45, 2.75) is 12.6 Å². The second-order valence-electron chi connectivity index (χ2n) is 7.23. The highest BCUT2D eigenvalue weighted by Gasteiger charge is 2.19. The molecular formula is C24H19N5O2S. The fourth-order valence-corrected chi connectivity index (χ4v) is 4.40. The molecule has 0 aliphatic rings. The summed E-state index contributed by atoms with van der Waals surface area (Å²) in [7, 11) is 0. The Morgan fingerprint density at radius 2 is 1.75 bits per heavy atom. The van der Waals surface area contributed by atoms with Crippen LogP contribution in [-0.4, -0.2) is 25.2 Å². The Kier molecular flexibility index (Phi) is 5.35. The second kappa shape index (κ2) is 8.60. The van der Waals surface area contributed by atoms with Crippen LogP contribution in [0, 0.1) is 0 Å². The van der Waals surface area contributed by atoms with Crippen molar-refractivity contribution in [2.24, 2.45) is 0 Å². The van der Waals surface area contributed by atoms with Gasteiger partial charge in [-0.1, -0.05) is 54.6 Å². The number of nitrogens with zero attached hydrogens (tertiary/aromatic N) is 4. The van der Waals surface area contributed by atoms with Gasteiger partial charge < -0.3 is 5.32 Å². The van der Waals surface area contributed by atoms with E-state index in [1.165, 1.54) is 17.1 Å². The predicted molar refractivity (Wildman–Crippen MR) is 124 cm³/mol. The summed E-state index contributed by atoms with van der Waals surface area (Å²) in [6, 6.07) is 22.9. The van der Waals surface area contributed by atoms with Gasteiger partial charge in [0.1, 0.15) is 18.3 Å². The first kappa shape index (κ1) is 19.9. The third-order valence-corrected chi connectivity index (χ3v) is 6.07. The number of nitrogens with one attached hydrogen (secondary N) is 1. The maximum Gasteiger partial charge on any atom is 0.264 e. The number of benzene rings is 2. The molecule has 0 fully saturated rings. The van der Waals surface area contributed by atoms with Crippen LogP contribution in [0.4, 0.5) is 0 Å². The maximum atomic E-state index is 13.0. The summed E-state index contributed by atoms with van der Waals surface area (Å²) < 4.78 is 2.93. The molecule has 0 aliphatic heterocycles. The second-order valence-corrected chi connectivity index (χ2v) is 8.21. The van der Waals surface area contributed by atoms with Crippen LogP contribution in [0.25, 0.3) is 16.7 Å². The van der Waals surface area contributed by atoms with Gasteiger partial charge in [-0.05, 0) is 29.1 Å². The van der Waals surface area contributed by atoms with E-state index in [4.69, 9.17) is 0 Å². The van der Waals surface area contributed by atoms with Gasteiger partial charge in [0.2, 0.25) is 5.91 Å². The lowest BCUT2D eigenvalue weighted by molar-refractivity contribution is -0.122. The van der Waals surface area contributed by atoms with Crippen molar-refractivity contribution < 1.29 is 4.79 Å². The lowest BCUT2D eigenvalue weighted by Gasteiger charge is -2.18. The van der Waals surface area contributed by atoms with Crippen LogP contribution in [-0.2, 0) is 11.3 Å². The molecule has 0 radical (unpaired) electrons. The van der Waals surface area contributed by atoms with Gasteiger partial charge in [-0.2, -0.15) is 5.10 Å². The standard InChI is InChI=1S/C24H19N5O2S/c30-21(27-22(20-12-7-13-32-20)17-8-3-1-4-9-17)15-28-16-25-23-19(24(28)31)14-26-29(23)18-10-5-2-6-11-18/h1-14,16,22H,15H2,(H,27,30). The first-order chi connectivity index (χ1) is 15.7. The van der Waals surface area contributed by atoms with Gasteiger partial charge in [0, 0.05) is 4.88 Å². The quantitative estimate of drug-likeness (QED) is 0.437. The van der Waals surface area contributed by atoms with E-state index in [-0.39, 0.29) is 24.1 Å². The molecule has 1 N–H and O–H groups in total. The predicted octanol–water partition coefficient (Wildman–Crippen LogP) is 3.55. The summed E-state index contributed by atoms with van der Waals surface area (Å²) in [6.07, 6.45) is 2.89. The van der Waals surface area contributed by atoms with E-state index < -0.39 is 0 Å². The van der Waals surface area contributed by atoms with Crippen molar-refractivity contribution in [1.29, 1.82) is 0 Å². The van der Waals surface area contributed by atoms with E-state index in [1.54, 1.807) is 16.0 Å². The highest BCUT2D eigenvalue weighted by molar-refractivity contribution is 7.10. The molecule has 7 nitrogen and oxygen atoms in total. The van der Waals surface area contributed by atoms with E-state index in [2.05, 4.69) is 15.4 Å². The summed E-state index contributed by atoms with van der Waals surface area (Å²) >= 11 is 1.57. The van der Waals surface area contributed by atoms with Crippen molar-refractivity contribution in [3.8, 4) is 5.69 Å². The van der Waals surface area contributed by atoms with Gasteiger partial charge >= 0.3 is 0 Å². The van der Waals surface area contributed by atoms with E-state index in [1.807, 2.05) is 78.2 Å². The van der Waals surface area contributed by atoms with Crippen LogP contribution in [0.3, 0.4) is 0 Å². The lowest BCUT2D eigenvalue weighted by atomic mass is 10.1. The van der Waals surface area contributed by atoms with Gasteiger partial charge in [0.05, 0.1) is 17.9 Å². The van der Waals surface area contributed by atoms with E-state index in [0.29, 0.717) is 11.0 Å². The van der Waals surface area contributed by atoms with E-state index in [9.17, 15) is 9.59 Å². The largest absolute Gasteiger partial charge is 0.343 e. The molecule has 3 aromatic heterocycles. The van der Waals surface area contributed by atoms with Crippen LogP contribution in [0.5, 0.6) is 0 Å². The Bertz CT molecular complexity index is 1410. The van der Waals surface area contributed by atoms with Crippen molar-refractivity contribution in [1.82, 2.24) is 24.6 Å². The minimum Gasteiger partial charge on any atom is -0.343 e. The molecular weight excluding hydrogens is 422 g/mol. The Morgan fingerprint density at radius 3 is 2.47 bits per heavy atom. The van der Waals surface area contributed by atoms with E-state index in [0.717, 1.165) is 16.1 Å². The van der Waals surface area contributed by atoms with Crippen molar-refractivity contribution in [3.05, 3.63) is 111 Å². The molecule has 0 bridgehead atoms. The number of thiophene rings is 1. The molecule has 32 heavy (non-hydrogen) atoms. The average molecular weight is 442 g/mol. The fourth-order valence-electron chi connectivity index (χ4n) is 3.60. The minimum atomic E-state index is -0.306. The zero-order valence-electron chi connectivity index (χ0n) is 17.0. The minimum absolute atomic E-state index is 0.132. The highest BCUT2D eigenvalue weighted by atomic mass is 32.1. The Morgan fingerprint density at radius 1 is 1.00 bits per heavy atom. The zero-order chi connectivity index (χ0) is 21.9. The van der Waals surface area contributed by atoms with Crippen molar-refractivity contribution in [3.63, 3.8) is 0 Å². The van der Waals surface area contributed by atoms with Gasteiger partial charge in [0.15, 0.2) is 5.65 Å². The molecule has 0 spiro atoms. The SMILES string of the molecule is O=C(Cn1cnc2c(cnn2-c2ccccc2)c1=O)NC(c1ccccc1)c1cccs1. The van der Waals surface area contributed by atoms with Crippen LogP contribution < -0.4 is 10.9 Å². The Labute approximate surface area is 187 Å². The fraction of sp³-hybridized carbons (Fsp3) is 0.0833. The summed E-state index contributed by atoms with van der Waals surface area (Å²) in [6.45, 7) is -0.132. The van der Waals surface area contributed by atoms with Crippen LogP contribution >= 0.6 is 11.3 Å². The van der Waals surface area contributed by atoms with Gasteiger partial charge in [-0.25, -0.2) is 9.67 Å². The first-order valence-electron chi connectivity index (χ1n) is 10.1. The molecule has 1 atom stereocenters. The van der Waals surface area contributed by atoms with Crippen molar-refractivity contribution >= 4 is 28.3 Å². The molecule has 2 aromatic carbocycles. The highest BCUT2D eigenvalue weighted by Crippen LogP contribution is 2.25. The number of rotatable bonds is 6. The van der Waals surface area contributed by atoms with Crippen molar-refractivity contribution in [2.75, 3.05) is 0 Å². The van der Waals surface area contributed by atoms with Gasteiger partial charge in [0.25, 0.3) is 5.56 Å². The number of para-hydroxylation sites is 1. The first-order valence-corrected chi connectivity index (χ1v) is 10.9. The van der Waals surface area contributed by atoms with Gasteiger partial charge in [-0.3, -0.25) is 14.2 Å². The maximum absolute atomic E-state index is 13.0. The van der Waals surface area contributed by atoms with Crippen LogP contribution in [0.15, 0.2) is 95.5 Å². The third kappa shape index (κ3) is 3.83. The Hall–Kier alpha value is -4.04. The summed E-state index contributed by atoms with van der Waals surface area (Å²) in [5, 5.41) is 9.70. The molecule has 8 heteroatoms. The summed E-state index contributed by atoms with van der Waals surface area (Å²) in [4.78, 5) is 31.3. The van der Waals surface area contributed by atoms with Crippen LogP contribution in [0.2, 0.25) is 0 Å². The number of hydrogen-bond donors (Lipinski definition) is 1. The molecule has 3 heterocycles. The number of hydrogen-bond acceptors (Lipinski definition) is 5. The average Bonchev–Trinajstić information content (AvgIpc) is 3.51. The number of amides is 1. The normalized spacial score (nSPS) is 12.0. The topological polar surface area (TPSA) is 81.8 Å². The van der Waals surface area contributed by atoms with E-state index >= 15 is 0 Å². The molecule has 1 unspecified atom stereocenters. The monoisotopic (exact) mass is 441 g/mol. The summed E-state index contributed by atoms with van der Waals surface area (Å²) in [5.74, 6) is -0.272. The zero-order valence-corrected chi connectivity index (χ0v) is 17.8. The van der Waals surface area contributed by atoms with Crippen LogP contribution in [0.1, 0.15) is 16.5 Å². The number of fused-ring (bicyclic) bond motifs is 1. The smallest absolute Gasteiger partial charge is 0.264 e. The molecule has 158 valence electrons.